The predicted molar refractivity (Wildman–Crippen MR) is 72.1 cm³/mol. The molecule has 17 heavy (non-hydrogen) atoms. The van der Waals surface area contributed by atoms with Gasteiger partial charge < -0.3 is 16.4 Å². The van der Waals surface area contributed by atoms with Crippen LogP contribution in [0.3, 0.4) is 0 Å². The Morgan fingerprint density at radius 2 is 1.71 bits per heavy atom. The lowest BCUT2D eigenvalue weighted by Gasteiger charge is -2.12. The van der Waals surface area contributed by atoms with Gasteiger partial charge in [-0.15, -0.1) is 0 Å². The van der Waals surface area contributed by atoms with E-state index in [1.807, 2.05) is 6.07 Å². The van der Waals surface area contributed by atoms with Gasteiger partial charge in [0, 0.05) is 19.2 Å². The molecule has 0 spiro atoms. The molecule has 5 nitrogen and oxygen atoms in total. The van der Waals surface area contributed by atoms with Gasteiger partial charge in [0.1, 0.15) is 18.0 Å². The molecule has 1 aromatic rings. The molecule has 0 amide bonds. The van der Waals surface area contributed by atoms with Crippen LogP contribution in [0.15, 0.2) is 12.4 Å². The van der Waals surface area contributed by atoms with E-state index < -0.39 is 0 Å². The van der Waals surface area contributed by atoms with E-state index in [-0.39, 0.29) is 0 Å². The summed E-state index contributed by atoms with van der Waals surface area (Å²) in [5.41, 5.74) is 5.56. The first kappa shape index (κ1) is 13.7. The Hall–Kier alpha value is -1.36. The molecule has 1 atom stereocenters. The Morgan fingerprint density at radius 3 is 2.24 bits per heavy atom. The lowest BCUT2D eigenvalue weighted by molar-refractivity contribution is 0.627. The molecule has 0 aliphatic heterocycles. The van der Waals surface area contributed by atoms with Gasteiger partial charge in [-0.1, -0.05) is 20.8 Å². The van der Waals surface area contributed by atoms with E-state index >= 15 is 0 Å². The molecule has 1 rings (SSSR count). The molecule has 0 aliphatic rings. The second-order valence-corrected chi connectivity index (χ2v) is 4.79. The van der Waals surface area contributed by atoms with Gasteiger partial charge in [-0.25, -0.2) is 9.97 Å². The molecule has 96 valence electrons. The molecule has 1 heterocycles. The number of aromatic nitrogens is 2. The zero-order valence-electron chi connectivity index (χ0n) is 10.9. The Balaban J connectivity index is 2.47. The number of rotatable bonds is 7. The van der Waals surface area contributed by atoms with Crippen LogP contribution in [-0.2, 0) is 0 Å². The molecule has 4 N–H and O–H groups in total. The summed E-state index contributed by atoms with van der Waals surface area (Å²) < 4.78 is 0. The second kappa shape index (κ2) is 7.06. The van der Waals surface area contributed by atoms with E-state index in [1.165, 1.54) is 0 Å². The summed E-state index contributed by atoms with van der Waals surface area (Å²) in [5, 5.41) is 6.52. The van der Waals surface area contributed by atoms with Crippen molar-refractivity contribution in [1.82, 2.24) is 9.97 Å². The van der Waals surface area contributed by atoms with Crippen LogP contribution in [0.25, 0.3) is 0 Å². The van der Waals surface area contributed by atoms with Crippen LogP contribution in [0.5, 0.6) is 0 Å². The molecule has 0 saturated carbocycles. The van der Waals surface area contributed by atoms with Crippen molar-refractivity contribution in [3.63, 3.8) is 0 Å². The molecule has 0 radical (unpaired) electrons. The first-order valence-electron chi connectivity index (χ1n) is 6.11. The monoisotopic (exact) mass is 237 g/mol. The highest BCUT2D eigenvalue weighted by Gasteiger charge is 2.02. The lowest BCUT2D eigenvalue weighted by Crippen LogP contribution is -2.20. The average Bonchev–Trinajstić information content (AvgIpc) is 2.34. The molecule has 0 aromatic carbocycles. The molecule has 0 aliphatic carbocycles. The highest BCUT2D eigenvalue weighted by Crippen LogP contribution is 2.09. The van der Waals surface area contributed by atoms with E-state index in [0.717, 1.165) is 24.7 Å². The fourth-order valence-corrected chi connectivity index (χ4v) is 1.22. The smallest absolute Gasteiger partial charge is 0.131 e. The third-order valence-electron chi connectivity index (χ3n) is 2.39. The van der Waals surface area contributed by atoms with Crippen molar-refractivity contribution >= 4 is 11.6 Å². The minimum Gasteiger partial charge on any atom is -0.370 e. The first-order valence-corrected chi connectivity index (χ1v) is 6.11. The van der Waals surface area contributed by atoms with E-state index in [0.29, 0.717) is 18.4 Å². The van der Waals surface area contributed by atoms with Gasteiger partial charge in [0.2, 0.25) is 0 Å². The van der Waals surface area contributed by atoms with Crippen molar-refractivity contribution in [1.29, 1.82) is 0 Å². The first-order chi connectivity index (χ1) is 8.11. The Bertz CT molecular complexity index is 326. The summed E-state index contributed by atoms with van der Waals surface area (Å²) in [4.78, 5) is 8.34. The Labute approximate surface area is 103 Å². The molecular formula is C12H23N5. The summed E-state index contributed by atoms with van der Waals surface area (Å²) in [6, 6.07) is 1.92. The highest BCUT2D eigenvalue weighted by atomic mass is 15.1. The van der Waals surface area contributed by atoms with Crippen LogP contribution in [0, 0.1) is 11.8 Å². The lowest BCUT2D eigenvalue weighted by atomic mass is 10.2. The third-order valence-corrected chi connectivity index (χ3v) is 2.39. The molecule has 0 bridgehead atoms. The number of nitrogens with two attached hydrogens (primary N) is 1. The van der Waals surface area contributed by atoms with Crippen molar-refractivity contribution in [3.8, 4) is 0 Å². The number of nitrogens with one attached hydrogen (secondary N) is 2. The second-order valence-electron chi connectivity index (χ2n) is 4.79. The van der Waals surface area contributed by atoms with E-state index in [1.54, 1.807) is 6.33 Å². The normalized spacial score (nSPS) is 12.5. The maximum atomic E-state index is 5.56. The van der Waals surface area contributed by atoms with Crippen molar-refractivity contribution < 1.29 is 0 Å². The zero-order valence-corrected chi connectivity index (χ0v) is 10.9. The van der Waals surface area contributed by atoms with Crippen LogP contribution < -0.4 is 16.4 Å². The topological polar surface area (TPSA) is 75.9 Å². The average molecular weight is 237 g/mol. The minimum atomic E-state index is 0.442. The fraction of sp³-hybridized carbons (Fsp3) is 0.667. The van der Waals surface area contributed by atoms with Crippen LogP contribution in [0.1, 0.15) is 20.8 Å². The quantitative estimate of drug-likeness (QED) is 0.671. The van der Waals surface area contributed by atoms with Gasteiger partial charge in [-0.05, 0) is 18.4 Å². The molecule has 1 unspecified atom stereocenters. The van der Waals surface area contributed by atoms with E-state index in [4.69, 9.17) is 5.73 Å². The summed E-state index contributed by atoms with van der Waals surface area (Å²) >= 11 is 0. The largest absolute Gasteiger partial charge is 0.370 e. The summed E-state index contributed by atoms with van der Waals surface area (Å²) in [5.74, 6) is 2.74. The third kappa shape index (κ3) is 5.49. The fourth-order valence-electron chi connectivity index (χ4n) is 1.22. The predicted octanol–water partition coefficient (Wildman–Crippen LogP) is 1.55. The molecule has 5 heteroatoms. The van der Waals surface area contributed by atoms with E-state index in [2.05, 4.69) is 41.4 Å². The molecular weight excluding hydrogens is 214 g/mol. The summed E-state index contributed by atoms with van der Waals surface area (Å²) in [7, 11) is 0. The summed E-state index contributed by atoms with van der Waals surface area (Å²) in [6.07, 6.45) is 1.57. The van der Waals surface area contributed by atoms with Crippen LogP contribution in [0.2, 0.25) is 0 Å². The SMILES string of the molecule is CC(C)CNc1cc(NCC(C)CN)ncn1. The number of nitrogens with zero attached hydrogens (tertiary/aromatic N) is 2. The molecule has 1 aromatic heterocycles. The van der Waals surface area contributed by atoms with Crippen molar-refractivity contribution in [2.45, 2.75) is 20.8 Å². The molecule has 0 fully saturated rings. The van der Waals surface area contributed by atoms with Crippen LogP contribution in [0.4, 0.5) is 11.6 Å². The van der Waals surface area contributed by atoms with Gasteiger partial charge in [0.15, 0.2) is 0 Å². The summed E-state index contributed by atoms with van der Waals surface area (Å²) in [6.45, 7) is 8.85. The highest BCUT2D eigenvalue weighted by molar-refractivity contribution is 5.46. The number of anilines is 2. The van der Waals surface area contributed by atoms with Gasteiger partial charge >= 0.3 is 0 Å². The van der Waals surface area contributed by atoms with E-state index in [9.17, 15) is 0 Å². The number of hydrogen-bond acceptors (Lipinski definition) is 5. The van der Waals surface area contributed by atoms with Gasteiger partial charge in [0.25, 0.3) is 0 Å². The van der Waals surface area contributed by atoms with Gasteiger partial charge in [-0.2, -0.15) is 0 Å². The minimum absolute atomic E-state index is 0.442. The molecule has 0 saturated heterocycles. The number of hydrogen-bond donors (Lipinski definition) is 3. The Morgan fingerprint density at radius 1 is 1.12 bits per heavy atom. The maximum Gasteiger partial charge on any atom is 0.131 e. The van der Waals surface area contributed by atoms with Gasteiger partial charge in [0.05, 0.1) is 0 Å². The van der Waals surface area contributed by atoms with Crippen LogP contribution in [-0.4, -0.2) is 29.6 Å². The zero-order chi connectivity index (χ0) is 12.7. The standard InChI is InChI=1S/C12H23N5/c1-9(2)6-14-11-4-12(17-8-16-11)15-7-10(3)5-13/h4,8-10H,5-7,13H2,1-3H3,(H2,14,15,16,17). The van der Waals surface area contributed by atoms with Crippen molar-refractivity contribution in [2.24, 2.45) is 17.6 Å². The van der Waals surface area contributed by atoms with Crippen LogP contribution >= 0.6 is 0 Å². The van der Waals surface area contributed by atoms with Crippen molar-refractivity contribution in [2.75, 3.05) is 30.3 Å². The maximum absolute atomic E-state index is 5.56. The Kier molecular flexibility index (Phi) is 5.69. The van der Waals surface area contributed by atoms with Gasteiger partial charge in [-0.3, -0.25) is 0 Å². The van der Waals surface area contributed by atoms with Crippen molar-refractivity contribution in [3.05, 3.63) is 12.4 Å².